The molecule has 1 atom stereocenters. The minimum Gasteiger partial charge on any atom is -0.508 e. The van der Waals surface area contributed by atoms with Crippen LogP contribution in [0.25, 0.3) is 0 Å². The zero-order chi connectivity index (χ0) is 24.6. The number of nitrogens with zero attached hydrogens (tertiary/aromatic N) is 2. The summed E-state index contributed by atoms with van der Waals surface area (Å²) < 4.78 is 27.8. The number of phenols is 1. The van der Waals surface area contributed by atoms with Crippen LogP contribution in [0.1, 0.15) is 21.5 Å². The molecule has 8 nitrogen and oxygen atoms in total. The molecule has 4 rings (SSSR count). The molecule has 10 heteroatoms. The van der Waals surface area contributed by atoms with Gasteiger partial charge in [0, 0.05) is 12.2 Å². The van der Waals surface area contributed by atoms with E-state index in [9.17, 15) is 28.2 Å². The molecular formula is C24H21ClN2O6S. The first-order chi connectivity index (χ1) is 16.1. The maximum absolute atomic E-state index is 13.6. The quantitative estimate of drug-likeness (QED) is 0.565. The molecule has 0 aliphatic carbocycles. The lowest BCUT2D eigenvalue weighted by atomic mass is 10.1. The number of sulfonamides is 1. The number of halogens is 1. The molecule has 1 aliphatic heterocycles. The van der Waals surface area contributed by atoms with Crippen molar-refractivity contribution in [3.8, 4) is 5.75 Å². The number of rotatable bonds is 4. The van der Waals surface area contributed by atoms with Crippen LogP contribution in [0.4, 0.5) is 5.69 Å². The van der Waals surface area contributed by atoms with Crippen LogP contribution < -0.4 is 4.90 Å². The van der Waals surface area contributed by atoms with Crippen molar-refractivity contribution in [1.82, 2.24) is 4.31 Å². The van der Waals surface area contributed by atoms with E-state index in [-0.39, 0.29) is 27.8 Å². The second-order valence-electron chi connectivity index (χ2n) is 7.87. The van der Waals surface area contributed by atoms with Crippen molar-refractivity contribution in [1.29, 1.82) is 0 Å². The molecule has 0 saturated carbocycles. The largest absolute Gasteiger partial charge is 0.508 e. The van der Waals surface area contributed by atoms with Crippen LogP contribution in [0.2, 0.25) is 5.02 Å². The number of carbonyl (C=O) groups excluding carboxylic acids is 1. The van der Waals surface area contributed by atoms with Gasteiger partial charge in [0.05, 0.1) is 22.0 Å². The van der Waals surface area contributed by atoms with E-state index < -0.39 is 34.5 Å². The van der Waals surface area contributed by atoms with Crippen molar-refractivity contribution in [2.45, 2.75) is 24.4 Å². The highest BCUT2D eigenvalue weighted by molar-refractivity contribution is 7.89. The zero-order valence-electron chi connectivity index (χ0n) is 18.1. The fraction of sp³-hybridized carbons (Fsp3) is 0.167. The second-order valence-corrected chi connectivity index (χ2v) is 10.2. The van der Waals surface area contributed by atoms with Crippen molar-refractivity contribution in [2.75, 3.05) is 11.4 Å². The summed E-state index contributed by atoms with van der Waals surface area (Å²) >= 11 is 6.31. The Balaban J connectivity index is 1.86. The number of hydrogen-bond donors (Lipinski definition) is 2. The highest BCUT2D eigenvalue weighted by atomic mass is 35.5. The lowest BCUT2D eigenvalue weighted by Crippen LogP contribution is -2.50. The molecule has 1 heterocycles. The summed E-state index contributed by atoms with van der Waals surface area (Å²) in [5.41, 5.74) is 1.70. The standard InChI is InChI=1S/C24H21ClN2O6S/c1-15-5-4-7-19(25)22(15)23(29)26-14-21(24(30)31)27(13-16-6-2-3-8-20(16)26)34(32,33)18-11-9-17(28)10-12-18/h2-12,21,28H,13-14H2,1H3,(H,30,31). The number of aryl methyl sites for hydroxylation is 1. The number of amides is 1. The molecule has 1 unspecified atom stereocenters. The Morgan fingerprint density at radius 2 is 1.68 bits per heavy atom. The summed E-state index contributed by atoms with van der Waals surface area (Å²) in [6.45, 7) is 1.04. The number of hydrogen-bond acceptors (Lipinski definition) is 5. The van der Waals surface area contributed by atoms with Crippen LogP contribution >= 0.6 is 11.6 Å². The summed E-state index contributed by atoms with van der Waals surface area (Å²) in [4.78, 5) is 27.1. The summed E-state index contributed by atoms with van der Waals surface area (Å²) in [6, 6.07) is 14.9. The third-order valence-electron chi connectivity index (χ3n) is 5.72. The van der Waals surface area contributed by atoms with Crippen molar-refractivity contribution in [2.24, 2.45) is 0 Å². The Kier molecular flexibility index (Phi) is 6.35. The number of phenolic OH excluding ortho intramolecular Hbond substituents is 1. The predicted molar refractivity (Wildman–Crippen MR) is 127 cm³/mol. The van der Waals surface area contributed by atoms with Gasteiger partial charge in [-0.15, -0.1) is 0 Å². The van der Waals surface area contributed by atoms with Crippen LogP contribution in [-0.4, -0.2) is 47.4 Å². The van der Waals surface area contributed by atoms with Crippen molar-refractivity contribution in [3.05, 3.63) is 88.4 Å². The summed E-state index contributed by atoms with van der Waals surface area (Å²) in [7, 11) is -4.29. The van der Waals surface area contributed by atoms with Gasteiger partial charge in [-0.1, -0.05) is 41.9 Å². The van der Waals surface area contributed by atoms with Crippen molar-refractivity contribution >= 4 is 39.2 Å². The molecule has 3 aromatic carbocycles. The van der Waals surface area contributed by atoms with E-state index in [0.717, 1.165) is 4.31 Å². The lowest BCUT2D eigenvalue weighted by molar-refractivity contribution is -0.141. The first kappa shape index (κ1) is 23.7. The number of aliphatic carboxylic acids is 1. The topological polar surface area (TPSA) is 115 Å². The number of aromatic hydroxyl groups is 1. The van der Waals surface area contributed by atoms with Gasteiger partial charge in [-0.3, -0.25) is 9.59 Å². The van der Waals surface area contributed by atoms with E-state index in [1.165, 1.54) is 29.2 Å². The van der Waals surface area contributed by atoms with E-state index in [1.54, 1.807) is 49.4 Å². The van der Waals surface area contributed by atoms with Gasteiger partial charge in [-0.2, -0.15) is 4.31 Å². The zero-order valence-corrected chi connectivity index (χ0v) is 19.6. The number of carboxylic acid groups (broad SMARTS) is 1. The van der Waals surface area contributed by atoms with Crippen LogP contribution in [-0.2, 0) is 21.4 Å². The molecule has 0 fully saturated rings. The van der Waals surface area contributed by atoms with E-state index in [4.69, 9.17) is 11.6 Å². The normalized spacial score (nSPS) is 16.5. The Morgan fingerprint density at radius 3 is 2.32 bits per heavy atom. The molecule has 0 aromatic heterocycles. The van der Waals surface area contributed by atoms with Crippen molar-refractivity contribution in [3.63, 3.8) is 0 Å². The number of para-hydroxylation sites is 1. The minimum absolute atomic E-state index is 0.123. The fourth-order valence-corrected chi connectivity index (χ4v) is 5.84. The van der Waals surface area contributed by atoms with Gasteiger partial charge >= 0.3 is 5.97 Å². The first-order valence-corrected chi connectivity index (χ1v) is 12.1. The fourth-order valence-electron chi connectivity index (χ4n) is 3.99. The third-order valence-corrected chi connectivity index (χ3v) is 7.90. The molecule has 1 amide bonds. The number of fused-ring (bicyclic) bond motifs is 1. The summed E-state index contributed by atoms with van der Waals surface area (Å²) in [5.74, 6) is -2.05. The van der Waals surface area contributed by atoms with Gasteiger partial charge in [0.1, 0.15) is 11.8 Å². The molecule has 1 aliphatic rings. The Bertz CT molecular complexity index is 1350. The first-order valence-electron chi connectivity index (χ1n) is 10.3. The van der Waals surface area contributed by atoms with E-state index in [0.29, 0.717) is 16.8 Å². The van der Waals surface area contributed by atoms with Crippen LogP contribution in [0.15, 0.2) is 71.6 Å². The Labute approximate surface area is 201 Å². The van der Waals surface area contributed by atoms with Crippen molar-refractivity contribution < 1.29 is 28.2 Å². The van der Waals surface area contributed by atoms with Gasteiger partial charge in [0.2, 0.25) is 10.0 Å². The average Bonchev–Trinajstić information content (AvgIpc) is 2.97. The highest BCUT2D eigenvalue weighted by Gasteiger charge is 2.42. The molecule has 0 radical (unpaired) electrons. The van der Waals surface area contributed by atoms with E-state index in [1.807, 2.05) is 0 Å². The minimum atomic E-state index is -4.29. The molecule has 3 aromatic rings. The van der Waals surface area contributed by atoms with Gasteiger partial charge in [-0.05, 0) is 54.4 Å². The summed E-state index contributed by atoms with van der Waals surface area (Å²) in [5, 5.41) is 19.8. The maximum Gasteiger partial charge on any atom is 0.323 e. The van der Waals surface area contributed by atoms with Gasteiger partial charge in [0.15, 0.2) is 0 Å². The summed E-state index contributed by atoms with van der Waals surface area (Å²) in [6.07, 6.45) is 0. The molecule has 34 heavy (non-hydrogen) atoms. The lowest BCUT2D eigenvalue weighted by Gasteiger charge is -2.29. The second kappa shape index (κ2) is 9.09. The number of benzene rings is 3. The number of carbonyl (C=O) groups is 2. The SMILES string of the molecule is Cc1cccc(Cl)c1C(=O)N1CC(C(=O)O)N(S(=O)(=O)c2ccc(O)cc2)Cc2ccccc21. The monoisotopic (exact) mass is 500 g/mol. The van der Waals surface area contributed by atoms with Gasteiger partial charge < -0.3 is 15.1 Å². The Morgan fingerprint density at radius 1 is 1.00 bits per heavy atom. The molecule has 0 saturated heterocycles. The molecule has 0 spiro atoms. The van der Waals surface area contributed by atoms with Gasteiger partial charge in [-0.25, -0.2) is 8.42 Å². The van der Waals surface area contributed by atoms with E-state index in [2.05, 4.69) is 0 Å². The van der Waals surface area contributed by atoms with Gasteiger partial charge in [0.25, 0.3) is 5.91 Å². The van der Waals surface area contributed by atoms with Crippen LogP contribution in [0.5, 0.6) is 5.75 Å². The number of carboxylic acids is 1. The number of anilines is 1. The maximum atomic E-state index is 13.6. The van der Waals surface area contributed by atoms with E-state index >= 15 is 0 Å². The molecule has 176 valence electrons. The molecule has 2 N–H and O–H groups in total. The van der Waals surface area contributed by atoms with Crippen LogP contribution in [0.3, 0.4) is 0 Å². The third kappa shape index (κ3) is 4.25. The predicted octanol–water partition coefficient (Wildman–Crippen LogP) is 3.66. The smallest absolute Gasteiger partial charge is 0.323 e. The van der Waals surface area contributed by atoms with Crippen LogP contribution in [0, 0.1) is 6.92 Å². The Hall–Kier alpha value is -3.40. The molecule has 0 bridgehead atoms. The highest BCUT2D eigenvalue weighted by Crippen LogP contribution is 2.33. The average molecular weight is 501 g/mol. The molecular weight excluding hydrogens is 480 g/mol.